The Morgan fingerprint density at radius 1 is 1.05 bits per heavy atom. The van der Waals surface area contributed by atoms with Crippen LogP contribution in [0.4, 0.5) is 5.69 Å². The SMILES string of the molecule is Cc1ccccc1C(=O)c1ccc(N2CCCC2=O)cc1. The average molecular weight is 279 g/mol. The minimum Gasteiger partial charge on any atom is -0.312 e. The van der Waals surface area contributed by atoms with Crippen LogP contribution >= 0.6 is 0 Å². The van der Waals surface area contributed by atoms with Crippen LogP contribution < -0.4 is 4.90 Å². The third-order valence-electron chi connectivity index (χ3n) is 3.90. The molecule has 2 aromatic rings. The van der Waals surface area contributed by atoms with Crippen molar-refractivity contribution in [1.82, 2.24) is 0 Å². The number of aryl methyl sites for hydroxylation is 1. The molecule has 0 aliphatic carbocycles. The molecule has 3 heteroatoms. The van der Waals surface area contributed by atoms with Crippen molar-refractivity contribution in [1.29, 1.82) is 0 Å². The number of amides is 1. The zero-order valence-electron chi connectivity index (χ0n) is 12.0. The summed E-state index contributed by atoms with van der Waals surface area (Å²) in [6, 6.07) is 14.9. The molecule has 0 N–H and O–H groups in total. The molecule has 0 unspecified atom stereocenters. The second-order valence-electron chi connectivity index (χ2n) is 5.34. The van der Waals surface area contributed by atoms with Gasteiger partial charge < -0.3 is 4.90 Å². The average Bonchev–Trinajstić information content (AvgIpc) is 2.93. The highest BCUT2D eigenvalue weighted by atomic mass is 16.2. The Morgan fingerprint density at radius 3 is 2.38 bits per heavy atom. The molecule has 0 spiro atoms. The number of hydrogen-bond acceptors (Lipinski definition) is 2. The Hall–Kier alpha value is -2.42. The van der Waals surface area contributed by atoms with Gasteiger partial charge in [-0.25, -0.2) is 0 Å². The molecule has 0 saturated carbocycles. The number of anilines is 1. The van der Waals surface area contributed by atoms with Crippen LogP contribution in [0.2, 0.25) is 0 Å². The van der Waals surface area contributed by atoms with Gasteiger partial charge in [0.2, 0.25) is 5.91 Å². The molecule has 1 saturated heterocycles. The monoisotopic (exact) mass is 279 g/mol. The molecule has 0 radical (unpaired) electrons. The van der Waals surface area contributed by atoms with Crippen LogP contribution in [-0.4, -0.2) is 18.2 Å². The Labute approximate surface area is 124 Å². The lowest BCUT2D eigenvalue weighted by atomic mass is 9.99. The molecule has 3 rings (SSSR count). The first kappa shape index (κ1) is 13.6. The van der Waals surface area contributed by atoms with E-state index in [1.807, 2.05) is 43.3 Å². The van der Waals surface area contributed by atoms with E-state index in [2.05, 4.69) is 0 Å². The molecule has 3 nitrogen and oxygen atoms in total. The Balaban J connectivity index is 1.86. The molecule has 0 aromatic heterocycles. The predicted octanol–water partition coefficient (Wildman–Crippen LogP) is 3.35. The number of carbonyl (C=O) groups is 2. The maximum absolute atomic E-state index is 12.5. The Morgan fingerprint density at radius 2 is 1.76 bits per heavy atom. The summed E-state index contributed by atoms with van der Waals surface area (Å²) < 4.78 is 0. The van der Waals surface area contributed by atoms with Gasteiger partial charge in [-0.15, -0.1) is 0 Å². The number of benzene rings is 2. The lowest BCUT2D eigenvalue weighted by molar-refractivity contribution is -0.117. The summed E-state index contributed by atoms with van der Waals surface area (Å²) in [5.74, 6) is 0.181. The van der Waals surface area contributed by atoms with Crippen molar-refractivity contribution in [2.24, 2.45) is 0 Å². The van der Waals surface area contributed by atoms with Crippen LogP contribution in [0, 0.1) is 6.92 Å². The fraction of sp³-hybridized carbons (Fsp3) is 0.222. The van der Waals surface area contributed by atoms with Gasteiger partial charge in [-0.05, 0) is 43.2 Å². The summed E-state index contributed by atoms with van der Waals surface area (Å²) in [7, 11) is 0. The third kappa shape index (κ3) is 2.59. The molecule has 1 fully saturated rings. The third-order valence-corrected chi connectivity index (χ3v) is 3.90. The minimum atomic E-state index is 0.0207. The van der Waals surface area contributed by atoms with Crippen molar-refractivity contribution in [3.05, 3.63) is 65.2 Å². The van der Waals surface area contributed by atoms with E-state index < -0.39 is 0 Å². The number of ketones is 1. The van der Waals surface area contributed by atoms with E-state index in [-0.39, 0.29) is 11.7 Å². The van der Waals surface area contributed by atoms with Gasteiger partial charge in [0.1, 0.15) is 0 Å². The van der Waals surface area contributed by atoms with Gasteiger partial charge in [0.15, 0.2) is 5.78 Å². The summed E-state index contributed by atoms with van der Waals surface area (Å²) in [5, 5.41) is 0. The van der Waals surface area contributed by atoms with E-state index in [0.29, 0.717) is 12.0 Å². The lowest BCUT2D eigenvalue weighted by Crippen LogP contribution is -2.23. The maximum atomic E-state index is 12.5. The van der Waals surface area contributed by atoms with Crippen molar-refractivity contribution in [3.63, 3.8) is 0 Å². The van der Waals surface area contributed by atoms with Gasteiger partial charge in [0, 0.05) is 29.8 Å². The van der Waals surface area contributed by atoms with Crippen molar-refractivity contribution in [2.45, 2.75) is 19.8 Å². The molecular weight excluding hydrogens is 262 g/mol. The minimum absolute atomic E-state index is 0.0207. The van der Waals surface area contributed by atoms with Crippen LogP contribution in [-0.2, 0) is 4.79 Å². The summed E-state index contributed by atoms with van der Waals surface area (Å²) in [6.07, 6.45) is 1.52. The fourth-order valence-corrected chi connectivity index (χ4v) is 2.70. The second kappa shape index (κ2) is 5.52. The van der Waals surface area contributed by atoms with E-state index in [9.17, 15) is 9.59 Å². The quantitative estimate of drug-likeness (QED) is 0.808. The molecule has 21 heavy (non-hydrogen) atoms. The first-order valence-corrected chi connectivity index (χ1v) is 7.17. The van der Waals surface area contributed by atoms with Crippen molar-refractivity contribution >= 4 is 17.4 Å². The van der Waals surface area contributed by atoms with E-state index >= 15 is 0 Å². The number of carbonyl (C=O) groups excluding carboxylic acids is 2. The van der Waals surface area contributed by atoms with Gasteiger partial charge in [0.25, 0.3) is 0 Å². The van der Waals surface area contributed by atoms with Gasteiger partial charge in [-0.1, -0.05) is 24.3 Å². The summed E-state index contributed by atoms with van der Waals surface area (Å²) in [4.78, 5) is 26.0. The highest BCUT2D eigenvalue weighted by Crippen LogP contribution is 2.23. The number of nitrogens with zero attached hydrogens (tertiary/aromatic N) is 1. The normalized spacial score (nSPS) is 14.5. The van der Waals surface area contributed by atoms with E-state index in [1.165, 1.54) is 0 Å². The zero-order valence-corrected chi connectivity index (χ0v) is 12.0. The van der Waals surface area contributed by atoms with Crippen LogP contribution in [0.5, 0.6) is 0 Å². The van der Waals surface area contributed by atoms with E-state index in [0.717, 1.165) is 29.8 Å². The standard InChI is InChI=1S/C18H17NO2/c1-13-5-2-3-6-16(13)18(21)14-8-10-15(11-9-14)19-12-4-7-17(19)20/h2-3,5-6,8-11H,4,7,12H2,1H3. The van der Waals surface area contributed by atoms with Crippen molar-refractivity contribution in [3.8, 4) is 0 Å². The molecule has 1 aliphatic heterocycles. The molecule has 0 atom stereocenters. The molecular formula is C18H17NO2. The van der Waals surface area contributed by atoms with Crippen LogP contribution in [0.15, 0.2) is 48.5 Å². The Bertz CT molecular complexity index is 689. The van der Waals surface area contributed by atoms with E-state index in [1.54, 1.807) is 17.0 Å². The molecule has 106 valence electrons. The van der Waals surface area contributed by atoms with Crippen LogP contribution in [0.3, 0.4) is 0 Å². The highest BCUT2D eigenvalue weighted by molar-refractivity contribution is 6.10. The molecule has 2 aromatic carbocycles. The predicted molar refractivity (Wildman–Crippen MR) is 82.6 cm³/mol. The molecule has 0 bridgehead atoms. The van der Waals surface area contributed by atoms with Gasteiger partial charge in [-0.2, -0.15) is 0 Å². The Kier molecular flexibility index (Phi) is 3.57. The number of rotatable bonds is 3. The van der Waals surface area contributed by atoms with E-state index in [4.69, 9.17) is 0 Å². The topological polar surface area (TPSA) is 37.4 Å². The number of hydrogen-bond donors (Lipinski definition) is 0. The van der Waals surface area contributed by atoms with Crippen LogP contribution in [0.1, 0.15) is 34.3 Å². The van der Waals surface area contributed by atoms with Crippen molar-refractivity contribution < 1.29 is 9.59 Å². The van der Waals surface area contributed by atoms with Crippen molar-refractivity contribution in [2.75, 3.05) is 11.4 Å². The summed E-state index contributed by atoms with van der Waals surface area (Å²) in [5.41, 5.74) is 3.22. The van der Waals surface area contributed by atoms with Gasteiger partial charge >= 0.3 is 0 Å². The van der Waals surface area contributed by atoms with Crippen LogP contribution in [0.25, 0.3) is 0 Å². The summed E-state index contributed by atoms with van der Waals surface area (Å²) >= 11 is 0. The first-order chi connectivity index (χ1) is 10.2. The fourth-order valence-electron chi connectivity index (χ4n) is 2.70. The zero-order chi connectivity index (χ0) is 14.8. The summed E-state index contributed by atoms with van der Waals surface area (Å²) in [6.45, 7) is 2.70. The first-order valence-electron chi connectivity index (χ1n) is 7.17. The second-order valence-corrected chi connectivity index (χ2v) is 5.34. The van der Waals surface area contributed by atoms with Gasteiger partial charge in [-0.3, -0.25) is 9.59 Å². The molecule has 1 amide bonds. The smallest absolute Gasteiger partial charge is 0.227 e. The molecule has 1 aliphatic rings. The highest BCUT2D eigenvalue weighted by Gasteiger charge is 2.21. The maximum Gasteiger partial charge on any atom is 0.227 e. The molecule has 1 heterocycles. The largest absolute Gasteiger partial charge is 0.312 e. The van der Waals surface area contributed by atoms with Gasteiger partial charge in [0.05, 0.1) is 0 Å². The lowest BCUT2D eigenvalue weighted by Gasteiger charge is -2.15.